The van der Waals surface area contributed by atoms with Crippen molar-refractivity contribution < 1.29 is 0 Å². The highest BCUT2D eigenvalue weighted by Crippen LogP contribution is 2.43. The van der Waals surface area contributed by atoms with Crippen LogP contribution in [-0.2, 0) is 12.0 Å². The molecule has 2 N–H and O–H groups in total. The monoisotopic (exact) mass is 356 g/mol. The van der Waals surface area contributed by atoms with E-state index >= 15 is 0 Å². The van der Waals surface area contributed by atoms with Crippen LogP contribution in [0.25, 0.3) is 0 Å². The molecule has 1 fully saturated rings. The Morgan fingerprint density at radius 1 is 1.20 bits per heavy atom. The molecule has 0 radical (unpaired) electrons. The highest BCUT2D eigenvalue weighted by atomic mass is 32.1. The maximum absolute atomic E-state index is 4.74. The number of hydrogen-bond donors (Lipinski definition) is 2. The smallest absolute Gasteiger partial charge is 0.191 e. The van der Waals surface area contributed by atoms with Gasteiger partial charge in [0, 0.05) is 23.4 Å². The largest absolute Gasteiger partial charge is 0.357 e. The van der Waals surface area contributed by atoms with Crippen LogP contribution < -0.4 is 10.6 Å². The zero-order valence-electron chi connectivity index (χ0n) is 15.4. The van der Waals surface area contributed by atoms with Crippen molar-refractivity contribution in [2.75, 3.05) is 13.1 Å². The summed E-state index contributed by atoms with van der Waals surface area (Å²) < 4.78 is 0. The molecule has 1 heterocycles. The summed E-state index contributed by atoms with van der Waals surface area (Å²) in [4.78, 5) is 10.6. The summed E-state index contributed by atoms with van der Waals surface area (Å²) in [7, 11) is 0. The van der Waals surface area contributed by atoms with Crippen molar-refractivity contribution in [3.8, 4) is 0 Å². The molecular formula is C20H28N4S. The van der Waals surface area contributed by atoms with Crippen LogP contribution in [0.15, 0.2) is 35.3 Å². The number of benzene rings is 1. The summed E-state index contributed by atoms with van der Waals surface area (Å²) in [6.45, 7) is 8.70. The maximum Gasteiger partial charge on any atom is 0.191 e. The molecule has 1 aliphatic carbocycles. The minimum absolute atomic E-state index is 0.256. The molecule has 134 valence electrons. The Balaban J connectivity index is 1.66. The molecule has 1 aliphatic rings. The second-order valence-corrected chi connectivity index (χ2v) is 8.09. The predicted molar refractivity (Wildman–Crippen MR) is 106 cm³/mol. The van der Waals surface area contributed by atoms with Gasteiger partial charge in [-0.2, -0.15) is 0 Å². The van der Waals surface area contributed by atoms with E-state index in [-0.39, 0.29) is 5.41 Å². The summed E-state index contributed by atoms with van der Waals surface area (Å²) in [5, 5.41) is 8.01. The van der Waals surface area contributed by atoms with Crippen LogP contribution in [0.5, 0.6) is 0 Å². The molecule has 0 bridgehead atoms. The Morgan fingerprint density at radius 2 is 1.96 bits per heavy atom. The molecule has 0 atom stereocenters. The average molecular weight is 357 g/mol. The molecule has 3 rings (SSSR count). The lowest BCUT2D eigenvalue weighted by atomic mass is 9.64. The number of nitrogens with zero attached hydrogens (tertiary/aromatic N) is 2. The van der Waals surface area contributed by atoms with Crippen LogP contribution >= 0.6 is 11.3 Å². The lowest BCUT2D eigenvalue weighted by Crippen LogP contribution is -2.48. The number of aromatic nitrogens is 1. The zero-order valence-corrected chi connectivity index (χ0v) is 16.2. The molecule has 4 nitrogen and oxygen atoms in total. The van der Waals surface area contributed by atoms with E-state index in [2.05, 4.69) is 66.7 Å². The average Bonchev–Trinajstić information content (AvgIpc) is 2.90. The minimum Gasteiger partial charge on any atom is -0.357 e. The quantitative estimate of drug-likeness (QED) is 0.609. The number of guanidine groups is 1. The van der Waals surface area contributed by atoms with Gasteiger partial charge >= 0.3 is 0 Å². The number of hydrogen-bond acceptors (Lipinski definition) is 3. The zero-order chi connectivity index (χ0) is 17.7. The Hall–Kier alpha value is -1.88. The molecule has 1 aromatic heterocycles. The lowest BCUT2D eigenvalue weighted by molar-refractivity contribution is 0.244. The second kappa shape index (κ2) is 8.00. The van der Waals surface area contributed by atoms with Gasteiger partial charge in [0.05, 0.1) is 12.2 Å². The van der Waals surface area contributed by atoms with Crippen molar-refractivity contribution in [1.29, 1.82) is 0 Å². The van der Waals surface area contributed by atoms with Crippen molar-refractivity contribution >= 4 is 17.3 Å². The molecular weight excluding hydrogens is 328 g/mol. The fraction of sp³-hybridized carbons (Fsp3) is 0.500. The van der Waals surface area contributed by atoms with Crippen LogP contribution in [0.3, 0.4) is 0 Å². The fourth-order valence-electron chi connectivity index (χ4n) is 3.31. The Morgan fingerprint density at radius 3 is 2.52 bits per heavy atom. The van der Waals surface area contributed by atoms with Gasteiger partial charge in [-0.05, 0) is 39.2 Å². The van der Waals surface area contributed by atoms with E-state index in [4.69, 9.17) is 4.99 Å². The Kier molecular flexibility index (Phi) is 5.74. The standard InChI is InChI=1S/C20H28N4S/c1-4-21-19(22-13-18-24-15(2)16(3)25-18)23-14-20(11-8-12-20)17-9-6-5-7-10-17/h5-7,9-10H,4,8,11-14H2,1-3H3,(H2,21,22,23). The third-order valence-electron chi connectivity index (χ3n) is 5.08. The number of aryl methyl sites for hydroxylation is 2. The van der Waals surface area contributed by atoms with Gasteiger partial charge in [0.1, 0.15) is 5.01 Å². The van der Waals surface area contributed by atoms with Crippen molar-refractivity contribution in [1.82, 2.24) is 15.6 Å². The highest BCUT2D eigenvalue weighted by Gasteiger charge is 2.38. The number of aliphatic imine (C=N–C) groups is 1. The van der Waals surface area contributed by atoms with Gasteiger partial charge in [0.15, 0.2) is 5.96 Å². The highest BCUT2D eigenvalue weighted by molar-refractivity contribution is 7.11. The third kappa shape index (κ3) is 4.21. The summed E-state index contributed by atoms with van der Waals surface area (Å²) in [6, 6.07) is 10.9. The molecule has 0 spiro atoms. The molecule has 5 heteroatoms. The van der Waals surface area contributed by atoms with E-state index in [0.717, 1.165) is 29.8 Å². The summed E-state index contributed by atoms with van der Waals surface area (Å²) in [5.41, 5.74) is 2.81. The second-order valence-electron chi connectivity index (χ2n) is 6.80. The first kappa shape index (κ1) is 17.9. The van der Waals surface area contributed by atoms with Gasteiger partial charge in [-0.15, -0.1) is 11.3 Å². The number of rotatable bonds is 6. The SMILES string of the molecule is CCNC(=NCc1nc(C)c(C)s1)NCC1(c2ccccc2)CCC1. The van der Waals surface area contributed by atoms with Crippen LogP contribution in [0.2, 0.25) is 0 Å². The van der Waals surface area contributed by atoms with Gasteiger partial charge in [0.25, 0.3) is 0 Å². The fourth-order valence-corrected chi connectivity index (χ4v) is 4.17. The van der Waals surface area contributed by atoms with Gasteiger partial charge in [-0.3, -0.25) is 0 Å². The van der Waals surface area contributed by atoms with Crippen LogP contribution in [0, 0.1) is 13.8 Å². The number of thiazole rings is 1. The van der Waals surface area contributed by atoms with Crippen LogP contribution in [0.4, 0.5) is 0 Å². The summed E-state index contributed by atoms with van der Waals surface area (Å²) in [5.74, 6) is 0.884. The van der Waals surface area contributed by atoms with E-state index < -0.39 is 0 Å². The predicted octanol–water partition coefficient (Wildman–Crippen LogP) is 3.94. The Bertz CT molecular complexity index is 697. The maximum atomic E-state index is 4.74. The molecule has 0 unspecified atom stereocenters. The molecule has 1 saturated carbocycles. The van der Waals surface area contributed by atoms with Crippen molar-refractivity contribution in [2.24, 2.45) is 4.99 Å². The van der Waals surface area contributed by atoms with Gasteiger partial charge < -0.3 is 10.6 Å². The molecule has 0 saturated heterocycles. The Labute approximate surface area is 154 Å². The molecule has 0 amide bonds. The minimum atomic E-state index is 0.256. The lowest BCUT2D eigenvalue weighted by Gasteiger charge is -2.43. The van der Waals surface area contributed by atoms with E-state index in [0.29, 0.717) is 6.54 Å². The molecule has 2 aromatic rings. The third-order valence-corrected chi connectivity index (χ3v) is 6.14. The van der Waals surface area contributed by atoms with Crippen molar-refractivity contribution in [3.05, 3.63) is 51.5 Å². The first-order valence-corrected chi connectivity index (χ1v) is 9.95. The van der Waals surface area contributed by atoms with E-state index in [9.17, 15) is 0 Å². The van der Waals surface area contributed by atoms with Crippen molar-refractivity contribution in [3.63, 3.8) is 0 Å². The number of nitrogens with one attached hydrogen (secondary N) is 2. The topological polar surface area (TPSA) is 49.3 Å². The van der Waals surface area contributed by atoms with Gasteiger partial charge in [0.2, 0.25) is 0 Å². The summed E-state index contributed by atoms with van der Waals surface area (Å²) in [6.07, 6.45) is 3.80. The normalized spacial score (nSPS) is 16.4. The molecule has 0 aliphatic heterocycles. The van der Waals surface area contributed by atoms with Gasteiger partial charge in [-0.1, -0.05) is 36.8 Å². The van der Waals surface area contributed by atoms with E-state index in [1.807, 2.05) is 0 Å². The van der Waals surface area contributed by atoms with Gasteiger partial charge in [-0.25, -0.2) is 9.98 Å². The summed E-state index contributed by atoms with van der Waals surface area (Å²) >= 11 is 1.74. The first-order chi connectivity index (χ1) is 12.1. The van der Waals surface area contributed by atoms with Crippen molar-refractivity contribution in [2.45, 2.75) is 52.0 Å². The van der Waals surface area contributed by atoms with Crippen LogP contribution in [-0.4, -0.2) is 24.0 Å². The first-order valence-electron chi connectivity index (χ1n) is 9.13. The molecule has 1 aromatic carbocycles. The van der Waals surface area contributed by atoms with E-state index in [1.54, 1.807) is 11.3 Å². The van der Waals surface area contributed by atoms with Crippen LogP contribution in [0.1, 0.15) is 47.3 Å². The van der Waals surface area contributed by atoms with E-state index in [1.165, 1.54) is 29.7 Å². The molecule has 25 heavy (non-hydrogen) atoms.